The van der Waals surface area contributed by atoms with Crippen LogP contribution in [0.5, 0.6) is 0 Å². The standard InChI is InChI=1S/C21H31N5O3/c1-16-4-2-8-26-18(14-22-6-9-24-7-3-5-17(27)15-24)19(23-20(16)26)21(28)25-10-12-29-13-11-25/h2,4,8,17,22,27H,3,5-7,9-15H2,1H3. The van der Waals surface area contributed by atoms with Gasteiger partial charge in [-0.2, -0.15) is 0 Å². The Morgan fingerprint density at radius 1 is 1.34 bits per heavy atom. The van der Waals surface area contributed by atoms with Crippen molar-refractivity contribution >= 4 is 11.6 Å². The molecule has 4 rings (SSSR count). The van der Waals surface area contributed by atoms with Crippen molar-refractivity contribution in [1.82, 2.24) is 24.5 Å². The van der Waals surface area contributed by atoms with E-state index in [0.717, 1.165) is 55.9 Å². The fraction of sp³-hybridized carbons (Fsp3) is 0.619. The van der Waals surface area contributed by atoms with Gasteiger partial charge in [-0.15, -0.1) is 0 Å². The van der Waals surface area contributed by atoms with Gasteiger partial charge in [-0.05, 0) is 37.9 Å². The van der Waals surface area contributed by atoms with Crippen molar-refractivity contribution in [1.29, 1.82) is 0 Å². The number of nitrogens with zero attached hydrogens (tertiary/aromatic N) is 4. The van der Waals surface area contributed by atoms with Gasteiger partial charge in [-0.25, -0.2) is 4.98 Å². The van der Waals surface area contributed by atoms with Gasteiger partial charge in [-0.3, -0.25) is 9.69 Å². The summed E-state index contributed by atoms with van der Waals surface area (Å²) in [6, 6.07) is 4.01. The molecule has 0 saturated carbocycles. The Labute approximate surface area is 171 Å². The normalized spacial score (nSPS) is 21.0. The number of fused-ring (bicyclic) bond motifs is 1. The predicted molar refractivity (Wildman–Crippen MR) is 110 cm³/mol. The molecule has 29 heavy (non-hydrogen) atoms. The molecular weight excluding hydrogens is 370 g/mol. The summed E-state index contributed by atoms with van der Waals surface area (Å²) < 4.78 is 7.41. The molecule has 1 amide bonds. The molecule has 0 bridgehead atoms. The third-order valence-electron chi connectivity index (χ3n) is 5.82. The lowest BCUT2D eigenvalue weighted by Crippen LogP contribution is -2.42. The number of aliphatic hydroxyl groups is 1. The third-order valence-corrected chi connectivity index (χ3v) is 5.82. The molecule has 8 nitrogen and oxygen atoms in total. The molecular formula is C21H31N5O3. The Hall–Kier alpha value is -2.00. The number of likely N-dealkylation sites (tertiary alicyclic amines) is 1. The molecule has 2 aromatic rings. The van der Waals surface area contributed by atoms with Gasteiger partial charge in [0.2, 0.25) is 0 Å². The number of pyridine rings is 1. The summed E-state index contributed by atoms with van der Waals surface area (Å²) >= 11 is 0. The minimum atomic E-state index is -0.205. The molecule has 1 unspecified atom stereocenters. The highest BCUT2D eigenvalue weighted by atomic mass is 16.5. The highest BCUT2D eigenvalue weighted by molar-refractivity contribution is 5.94. The maximum atomic E-state index is 13.1. The minimum Gasteiger partial charge on any atom is -0.392 e. The van der Waals surface area contributed by atoms with E-state index in [1.165, 1.54) is 0 Å². The highest BCUT2D eigenvalue weighted by Gasteiger charge is 2.25. The van der Waals surface area contributed by atoms with Gasteiger partial charge in [0, 0.05) is 45.5 Å². The molecule has 0 radical (unpaired) electrons. The molecule has 2 aromatic heterocycles. The first-order valence-electron chi connectivity index (χ1n) is 10.6. The Balaban J connectivity index is 1.47. The summed E-state index contributed by atoms with van der Waals surface area (Å²) in [5.74, 6) is -0.0210. The summed E-state index contributed by atoms with van der Waals surface area (Å²) in [6.07, 6.45) is 3.72. The largest absolute Gasteiger partial charge is 0.392 e. The third kappa shape index (κ3) is 4.61. The Bertz CT molecular complexity index is 846. The number of aryl methyl sites for hydroxylation is 1. The second kappa shape index (κ2) is 9.21. The van der Waals surface area contributed by atoms with Gasteiger partial charge in [0.1, 0.15) is 5.65 Å². The number of aromatic nitrogens is 2. The van der Waals surface area contributed by atoms with Crippen molar-refractivity contribution in [2.75, 3.05) is 52.5 Å². The molecule has 4 heterocycles. The van der Waals surface area contributed by atoms with E-state index in [-0.39, 0.29) is 12.0 Å². The molecule has 2 aliphatic heterocycles. The van der Waals surface area contributed by atoms with Crippen molar-refractivity contribution < 1.29 is 14.6 Å². The van der Waals surface area contributed by atoms with Crippen LogP contribution in [0.25, 0.3) is 5.65 Å². The number of hydrogen-bond donors (Lipinski definition) is 2. The monoisotopic (exact) mass is 401 g/mol. The molecule has 2 N–H and O–H groups in total. The number of imidazole rings is 1. The van der Waals surface area contributed by atoms with Crippen LogP contribution in [0.1, 0.15) is 34.6 Å². The zero-order valence-electron chi connectivity index (χ0n) is 17.1. The first-order chi connectivity index (χ1) is 14.1. The summed E-state index contributed by atoms with van der Waals surface area (Å²) in [6.45, 7) is 8.44. The predicted octanol–water partition coefficient (Wildman–Crippen LogP) is 0.661. The van der Waals surface area contributed by atoms with Crippen LogP contribution in [-0.2, 0) is 11.3 Å². The van der Waals surface area contributed by atoms with E-state index in [4.69, 9.17) is 9.72 Å². The van der Waals surface area contributed by atoms with Crippen LogP contribution in [0.4, 0.5) is 0 Å². The van der Waals surface area contributed by atoms with Crippen LogP contribution in [0.15, 0.2) is 18.3 Å². The highest BCUT2D eigenvalue weighted by Crippen LogP contribution is 2.18. The first kappa shape index (κ1) is 20.3. The number of rotatable bonds is 6. The first-order valence-corrected chi connectivity index (χ1v) is 10.6. The molecule has 0 aromatic carbocycles. The Morgan fingerprint density at radius 3 is 2.97 bits per heavy atom. The van der Waals surface area contributed by atoms with Crippen LogP contribution in [-0.4, -0.2) is 88.8 Å². The van der Waals surface area contributed by atoms with Crippen molar-refractivity contribution in [3.63, 3.8) is 0 Å². The lowest BCUT2D eigenvalue weighted by atomic mass is 10.1. The van der Waals surface area contributed by atoms with Crippen LogP contribution >= 0.6 is 0 Å². The molecule has 2 saturated heterocycles. The van der Waals surface area contributed by atoms with Gasteiger partial charge in [0.15, 0.2) is 5.69 Å². The second-order valence-corrected chi connectivity index (χ2v) is 7.97. The fourth-order valence-electron chi connectivity index (χ4n) is 4.19. The molecule has 0 spiro atoms. The number of morpholine rings is 1. The van der Waals surface area contributed by atoms with Crippen molar-refractivity contribution in [2.45, 2.75) is 32.4 Å². The van der Waals surface area contributed by atoms with Gasteiger partial charge < -0.3 is 24.5 Å². The number of carbonyl (C=O) groups excluding carboxylic acids is 1. The minimum absolute atomic E-state index is 0.0210. The summed E-state index contributed by atoms with van der Waals surface area (Å²) in [7, 11) is 0. The van der Waals surface area contributed by atoms with Gasteiger partial charge in [0.25, 0.3) is 5.91 Å². The number of ether oxygens (including phenoxy) is 1. The number of hydrogen-bond acceptors (Lipinski definition) is 6. The van der Waals surface area contributed by atoms with Crippen LogP contribution in [0.3, 0.4) is 0 Å². The number of carbonyl (C=O) groups is 1. The van der Waals surface area contributed by atoms with E-state index in [1.807, 2.05) is 34.6 Å². The SMILES string of the molecule is Cc1cccn2c(CNCCN3CCCC(O)C3)c(C(=O)N3CCOCC3)nc12. The maximum Gasteiger partial charge on any atom is 0.274 e. The number of nitrogens with one attached hydrogen (secondary N) is 1. The molecule has 2 aliphatic rings. The van der Waals surface area contributed by atoms with Crippen LogP contribution < -0.4 is 5.32 Å². The van der Waals surface area contributed by atoms with Crippen molar-refractivity contribution in [3.8, 4) is 0 Å². The number of piperidine rings is 1. The molecule has 8 heteroatoms. The van der Waals surface area contributed by atoms with Crippen molar-refractivity contribution in [2.24, 2.45) is 0 Å². The topological polar surface area (TPSA) is 82.3 Å². The second-order valence-electron chi connectivity index (χ2n) is 7.97. The Kier molecular flexibility index (Phi) is 6.44. The smallest absolute Gasteiger partial charge is 0.274 e. The molecule has 0 aliphatic carbocycles. The zero-order valence-corrected chi connectivity index (χ0v) is 17.1. The van der Waals surface area contributed by atoms with Crippen LogP contribution in [0.2, 0.25) is 0 Å². The summed E-state index contributed by atoms with van der Waals surface area (Å²) in [4.78, 5) is 22.0. The maximum absolute atomic E-state index is 13.1. The van der Waals surface area contributed by atoms with Crippen LogP contribution in [0, 0.1) is 6.92 Å². The number of amides is 1. The average molecular weight is 402 g/mol. The zero-order chi connectivity index (χ0) is 20.2. The molecule has 2 fully saturated rings. The number of aliphatic hydroxyl groups excluding tert-OH is 1. The number of β-amino-alcohol motifs (C(OH)–C–C–N with tert-alkyl or cyclic N) is 1. The van der Waals surface area contributed by atoms with E-state index in [9.17, 15) is 9.90 Å². The summed E-state index contributed by atoms with van der Waals surface area (Å²) in [5.41, 5.74) is 3.32. The summed E-state index contributed by atoms with van der Waals surface area (Å²) in [5, 5.41) is 13.3. The lowest BCUT2D eigenvalue weighted by molar-refractivity contribution is 0.0298. The lowest BCUT2D eigenvalue weighted by Gasteiger charge is -2.30. The van der Waals surface area contributed by atoms with Gasteiger partial charge in [0.05, 0.1) is 25.0 Å². The van der Waals surface area contributed by atoms with Gasteiger partial charge >= 0.3 is 0 Å². The Morgan fingerprint density at radius 2 is 2.17 bits per heavy atom. The molecule has 158 valence electrons. The van der Waals surface area contributed by atoms with E-state index in [0.29, 0.717) is 38.5 Å². The van der Waals surface area contributed by atoms with Crippen molar-refractivity contribution in [3.05, 3.63) is 35.3 Å². The van der Waals surface area contributed by atoms with Gasteiger partial charge in [-0.1, -0.05) is 6.07 Å². The van der Waals surface area contributed by atoms with E-state index in [2.05, 4.69) is 10.2 Å². The van der Waals surface area contributed by atoms with E-state index < -0.39 is 0 Å². The van der Waals surface area contributed by atoms with E-state index in [1.54, 1.807) is 0 Å². The molecule has 1 atom stereocenters. The average Bonchev–Trinajstić information content (AvgIpc) is 3.11. The quantitative estimate of drug-likeness (QED) is 0.692. The van der Waals surface area contributed by atoms with E-state index >= 15 is 0 Å². The fourth-order valence-corrected chi connectivity index (χ4v) is 4.19.